The summed E-state index contributed by atoms with van der Waals surface area (Å²) < 4.78 is 6.59. The van der Waals surface area contributed by atoms with Gasteiger partial charge in [-0.2, -0.15) is 5.10 Å². The van der Waals surface area contributed by atoms with Gasteiger partial charge in [0.05, 0.1) is 7.11 Å². The van der Waals surface area contributed by atoms with Crippen LogP contribution in [0.3, 0.4) is 0 Å². The van der Waals surface area contributed by atoms with Crippen LogP contribution in [-0.4, -0.2) is 22.9 Å². The monoisotopic (exact) mass is 259 g/mol. The number of aryl methyl sites for hydroxylation is 1. The van der Waals surface area contributed by atoms with E-state index in [1.165, 1.54) is 7.11 Å². The van der Waals surface area contributed by atoms with Crippen molar-refractivity contribution in [3.63, 3.8) is 0 Å². The Hall–Kier alpha value is -2.14. The molecule has 1 heterocycles. The van der Waals surface area contributed by atoms with E-state index >= 15 is 0 Å². The third kappa shape index (κ3) is 2.82. The average molecular weight is 259 g/mol. The van der Waals surface area contributed by atoms with E-state index in [-0.39, 0.29) is 0 Å². The number of rotatable bonds is 5. The number of nitrogens with zero attached hydrogens (tertiary/aromatic N) is 2. The van der Waals surface area contributed by atoms with Crippen LogP contribution in [0.15, 0.2) is 48.8 Å². The minimum atomic E-state index is -1.15. The van der Waals surface area contributed by atoms with Crippen molar-refractivity contribution in [3.8, 4) is 0 Å². The summed E-state index contributed by atoms with van der Waals surface area (Å²) in [6, 6.07) is 11.1. The highest BCUT2D eigenvalue weighted by Gasteiger charge is 2.36. The van der Waals surface area contributed by atoms with E-state index in [0.29, 0.717) is 13.0 Å². The fraction of sp³-hybridized carbons (Fsp3) is 0.286. The first kappa shape index (κ1) is 13.3. The molecule has 5 heteroatoms. The van der Waals surface area contributed by atoms with E-state index in [2.05, 4.69) is 5.10 Å². The van der Waals surface area contributed by atoms with Crippen molar-refractivity contribution in [3.05, 3.63) is 54.4 Å². The fourth-order valence-electron chi connectivity index (χ4n) is 2.01. The van der Waals surface area contributed by atoms with Crippen LogP contribution in [0.2, 0.25) is 0 Å². The van der Waals surface area contributed by atoms with Gasteiger partial charge in [-0.3, -0.25) is 4.68 Å². The summed E-state index contributed by atoms with van der Waals surface area (Å²) in [5.74, 6) is -0.439. The summed E-state index contributed by atoms with van der Waals surface area (Å²) in [4.78, 5) is 12.0. The van der Waals surface area contributed by atoms with Gasteiger partial charge in [-0.05, 0) is 18.1 Å². The van der Waals surface area contributed by atoms with E-state index in [4.69, 9.17) is 10.5 Å². The second kappa shape index (κ2) is 5.67. The predicted molar refractivity (Wildman–Crippen MR) is 71.2 cm³/mol. The number of ether oxygens (including phenoxy) is 1. The molecule has 0 aliphatic rings. The molecule has 5 nitrogen and oxygen atoms in total. The first-order chi connectivity index (χ1) is 9.16. The van der Waals surface area contributed by atoms with Crippen molar-refractivity contribution in [1.82, 2.24) is 9.78 Å². The predicted octanol–water partition coefficient (Wildman–Crippen LogP) is 1.30. The number of nitrogens with two attached hydrogens (primary N) is 1. The lowest BCUT2D eigenvalue weighted by Gasteiger charge is -2.27. The first-order valence-electron chi connectivity index (χ1n) is 6.07. The summed E-state index contributed by atoms with van der Waals surface area (Å²) in [6.45, 7) is 0.549. The van der Waals surface area contributed by atoms with Crippen LogP contribution in [0.4, 0.5) is 0 Å². The maximum Gasteiger partial charge on any atom is 0.330 e. The van der Waals surface area contributed by atoms with E-state index in [1.807, 2.05) is 42.6 Å². The molecule has 1 unspecified atom stereocenters. The summed E-state index contributed by atoms with van der Waals surface area (Å²) in [5.41, 5.74) is 5.87. The number of carbonyl (C=O) groups is 1. The number of hydrogen-bond acceptors (Lipinski definition) is 4. The van der Waals surface area contributed by atoms with Crippen molar-refractivity contribution >= 4 is 5.97 Å². The van der Waals surface area contributed by atoms with Crippen molar-refractivity contribution in [2.45, 2.75) is 18.5 Å². The van der Waals surface area contributed by atoms with Crippen LogP contribution in [0.5, 0.6) is 0 Å². The minimum absolute atomic E-state index is 0.422. The Labute approximate surface area is 112 Å². The Balaban J connectivity index is 2.22. The van der Waals surface area contributed by atoms with Gasteiger partial charge >= 0.3 is 5.97 Å². The van der Waals surface area contributed by atoms with E-state index in [1.54, 1.807) is 10.9 Å². The molecule has 1 atom stereocenters. The highest BCUT2D eigenvalue weighted by molar-refractivity contribution is 5.82. The zero-order valence-corrected chi connectivity index (χ0v) is 10.8. The van der Waals surface area contributed by atoms with Gasteiger partial charge in [0.2, 0.25) is 0 Å². The highest BCUT2D eigenvalue weighted by Crippen LogP contribution is 2.24. The standard InChI is InChI=1S/C14H17N3O2/c1-19-13(18)14(15,12-6-3-2-4-7-12)8-11-17-10-5-9-16-17/h2-7,9-10H,8,11,15H2,1H3. The number of carbonyl (C=O) groups excluding carboxylic acids is 1. The third-order valence-corrected chi connectivity index (χ3v) is 3.13. The number of methoxy groups -OCH3 is 1. The Morgan fingerprint density at radius 2 is 2.11 bits per heavy atom. The van der Waals surface area contributed by atoms with E-state index in [9.17, 15) is 4.79 Å². The zero-order valence-electron chi connectivity index (χ0n) is 10.8. The van der Waals surface area contributed by atoms with Gasteiger partial charge in [0.25, 0.3) is 0 Å². The molecule has 2 N–H and O–H groups in total. The largest absolute Gasteiger partial charge is 0.467 e. The number of aromatic nitrogens is 2. The maximum absolute atomic E-state index is 12.0. The smallest absolute Gasteiger partial charge is 0.330 e. The van der Waals surface area contributed by atoms with Gasteiger partial charge in [-0.15, -0.1) is 0 Å². The molecule has 0 saturated heterocycles. The topological polar surface area (TPSA) is 70.1 Å². The van der Waals surface area contributed by atoms with Crippen LogP contribution in [0.1, 0.15) is 12.0 Å². The maximum atomic E-state index is 12.0. The van der Waals surface area contributed by atoms with Crippen molar-refractivity contribution < 1.29 is 9.53 Å². The normalized spacial score (nSPS) is 13.8. The Kier molecular flexibility index (Phi) is 3.97. The van der Waals surface area contributed by atoms with Crippen molar-refractivity contribution in [2.75, 3.05) is 7.11 Å². The molecule has 19 heavy (non-hydrogen) atoms. The first-order valence-corrected chi connectivity index (χ1v) is 6.07. The summed E-state index contributed by atoms with van der Waals surface area (Å²) in [7, 11) is 1.35. The molecule has 0 aliphatic heterocycles. The van der Waals surface area contributed by atoms with Crippen molar-refractivity contribution in [2.24, 2.45) is 5.73 Å². The average Bonchev–Trinajstić information content (AvgIpc) is 2.98. The lowest BCUT2D eigenvalue weighted by molar-refractivity contribution is -0.148. The molecule has 0 amide bonds. The van der Waals surface area contributed by atoms with Gasteiger partial charge < -0.3 is 10.5 Å². The molecule has 0 radical (unpaired) electrons. The van der Waals surface area contributed by atoms with Gasteiger partial charge in [0.1, 0.15) is 5.54 Å². The van der Waals surface area contributed by atoms with E-state index < -0.39 is 11.5 Å². The molecule has 0 fully saturated rings. The van der Waals surface area contributed by atoms with Gasteiger partial charge in [0.15, 0.2) is 0 Å². The fourth-order valence-corrected chi connectivity index (χ4v) is 2.01. The summed E-state index contributed by atoms with van der Waals surface area (Å²) in [6.07, 6.45) is 3.95. The number of esters is 1. The Morgan fingerprint density at radius 3 is 2.68 bits per heavy atom. The Morgan fingerprint density at radius 1 is 1.37 bits per heavy atom. The van der Waals surface area contributed by atoms with Crippen LogP contribution in [-0.2, 0) is 21.6 Å². The number of benzene rings is 1. The molecule has 1 aromatic carbocycles. The second-order valence-electron chi connectivity index (χ2n) is 4.35. The van der Waals surface area contributed by atoms with E-state index in [0.717, 1.165) is 5.56 Å². The minimum Gasteiger partial charge on any atom is -0.467 e. The Bertz CT molecular complexity index is 525. The van der Waals surface area contributed by atoms with Gasteiger partial charge in [0, 0.05) is 18.9 Å². The van der Waals surface area contributed by atoms with Gasteiger partial charge in [-0.1, -0.05) is 30.3 Å². The highest BCUT2D eigenvalue weighted by atomic mass is 16.5. The number of hydrogen-bond donors (Lipinski definition) is 1. The molecule has 2 rings (SSSR count). The lowest BCUT2D eigenvalue weighted by atomic mass is 9.87. The van der Waals surface area contributed by atoms with Crippen LogP contribution < -0.4 is 5.73 Å². The summed E-state index contributed by atoms with van der Waals surface area (Å²) >= 11 is 0. The third-order valence-electron chi connectivity index (χ3n) is 3.13. The van der Waals surface area contributed by atoms with Gasteiger partial charge in [-0.25, -0.2) is 4.79 Å². The molecular formula is C14H17N3O2. The van der Waals surface area contributed by atoms with Crippen molar-refractivity contribution in [1.29, 1.82) is 0 Å². The van der Waals surface area contributed by atoms with Crippen LogP contribution in [0.25, 0.3) is 0 Å². The molecule has 2 aromatic rings. The second-order valence-corrected chi connectivity index (χ2v) is 4.35. The molecular weight excluding hydrogens is 242 g/mol. The molecule has 0 spiro atoms. The molecule has 1 aromatic heterocycles. The van der Waals surface area contributed by atoms with Crippen LogP contribution in [0, 0.1) is 0 Å². The lowest BCUT2D eigenvalue weighted by Crippen LogP contribution is -2.46. The summed E-state index contributed by atoms with van der Waals surface area (Å²) in [5, 5.41) is 4.11. The quantitative estimate of drug-likeness (QED) is 0.822. The zero-order chi connectivity index (χ0) is 13.7. The van der Waals surface area contributed by atoms with Crippen LogP contribution >= 0.6 is 0 Å². The molecule has 0 bridgehead atoms. The SMILES string of the molecule is COC(=O)C(N)(CCn1cccn1)c1ccccc1. The molecule has 100 valence electrons. The molecule has 0 saturated carbocycles. The molecule has 0 aliphatic carbocycles.